The predicted octanol–water partition coefficient (Wildman–Crippen LogP) is 1.11. The summed E-state index contributed by atoms with van der Waals surface area (Å²) in [5.74, 6) is -0.774. The third-order valence-electron chi connectivity index (χ3n) is 4.84. The van der Waals surface area contributed by atoms with E-state index in [9.17, 15) is 14.0 Å². The Morgan fingerprint density at radius 2 is 1.88 bits per heavy atom. The summed E-state index contributed by atoms with van der Waals surface area (Å²) in [5.41, 5.74) is 5.78. The third-order valence-corrected chi connectivity index (χ3v) is 4.84. The van der Waals surface area contributed by atoms with Gasteiger partial charge < -0.3 is 5.32 Å². The van der Waals surface area contributed by atoms with Crippen LogP contribution >= 0.6 is 0 Å². The zero-order valence-electron chi connectivity index (χ0n) is 14.6. The van der Waals surface area contributed by atoms with Gasteiger partial charge in [0.05, 0.1) is 0 Å². The lowest BCUT2D eigenvalue weighted by Crippen LogP contribution is -2.58. The highest BCUT2D eigenvalue weighted by Gasteiger charge is 2.35. The number of hydrogen-bond acceptors (Lipinski definition) is 4. The highest BCUT2D eigenvalue weighted by molar-refractivity contribution is 5.87. The second-order valence-corrected chi connectivity index (χ2v) is 7.06. The van der Waals surface area contributed by atoms with Crippen molar-refractivity contribution in [3.05, 3.63) is 35.6 Å². The van der Waals surface area contributed by atoms with Gasteiger partial charge >= 0.3 is 0 Å². The summed E-state index contributed by atoms with van der Waals surface area (Å²) in [4.78, 5) is 26.7. The molecule has 1 saturated heterocycles. The number of benzene rings is 1. The molecular formula is C18H25FN4O2. The quantitative estimate of drug-likeness (QED) is 0.713. The Bertz CT molecular complexity index is 632. The van der Waals surface area contributed by atoms with Gasteiger partial charge in [-0.25, -0.2) is 4.39 Å². The Balaban J connectivity index is 1.78. The van der Waals surface area contributed by atoms with Gasteiger partial charge in [0, 0.05) is 31.1 Å². The van der Waals surface area contributed by atoms with Crippen LogP contribution in [0, 0.1) is 11.7 Å². The van der Waals surface area contributed by atoms with E-state index in [0.29, 0.717) is 12.1 Å². The minimum absolute atomic E-state index is 0.0164. The fourth-order valence-electron chi connectivity index (χ4n) is 3.19. The number of rotatable bonds is 4. The molecule has 1 aliphatic carbocycles. The fourth-order valence-corrected chi connectivity index (χ4v) is 3.19. The van der Waals surface area contributed by atoms with Crippen LogP contribution in [0.4, 0.5) is 4.39 Å². The SMILES string of the molecule is C[C@@H]1CN[C@@H](C)CN1C(C(=O)NNC(=O)C1CC1)c1ccc(F)cc1. The number of piperazine rings is 1. The van der Waals surface area contributed by atoms with Crippen LogP contribution in [0.3, 0.4) is 0 Å². The van der Waals surface area contributed by atoms with Crippen LogP contribution in [-0.2, 0) is 9.59 Å². The van der Waals surface area contributed by atoms with Crippen LogP contribution in [0.1, 0.15) is 38.3 Å². The first-order valence-corrected chi connectivity index (χ1v) is 8.80. The van der Waals surface area contributed by atoms with E-state index in [2.05, 4.69) is 28.0 Å². The van der Waals surface area contributed by atoms with Crippen molar-refractivity contribution >= 4 is 11.8 Å². The van der Waals surface area contributed by atoms with Crippen molar-refractivity contribution in [2.24, 2.45) is 5.92 Å². The van der Waals surface area contributed by atoms with Crippen molar-refractivity contribution in [2.75, 3.05) is 13.1 Å². The second-order valence-electron chi connectivity index (χ2n) is 7.06. The molecule has 25 heavy (non-hydrogen) atoms. The Hall–Kier alpha value is -1.99. The number of nitrogens with one attached hydrogen (secondary N) is 3. The first-order chi connectivity index (χ1) is 12.0. The zero-order chi connectivity index (χ0) is 18.0. The molecule has 1 aromatic carbocycles. The maximum atomic E-state index is 13.3. The van der Waals surface area contributed by atoms with Gasteiger partial charge in [-0.1, -0.05) is 12.1 Å². The third kappa shape index (κ3) is 4.35. The highest BCUT2D eigenvalue weighted by atomic mass is 19.1. The second kappa shape index (κ2) is 7.49. The molecule has 1 heterocycles. The smallest absolute Gasteiger partial charge is 0.260 e. The van der Waals surface area contributed by atoms with Crippen molar-refractivity contribution in [3.63, 3.8) is 0 Å². The molecule has 136 valence electrons. The minimum Gasteiger partial charge on any atom is -0.311 e. The van der Waals surface area contributed by atoms with E-state index < -0.39 is 6.04 Å². The molecule has 0 aromatic heterocycles. The van der Waals surface area contributed by atoms with Gasteiger partial charge in [-0.2, -0.15) is 0 Å². The lowest BCUT2D eigenvalue weighted by atomic mass is 10.00. The normalized spacial score (nSPS) is 25.2. The summed E-state index contributed by atoms with van der Waals surface area (Å²) in [7, 11) is 0. The van der Waals surface area contributed by atoms with E-state index in [4.69, 9.17) is 0 Å². The number of hydrazine groups is 1. The van der Waals surface area contributed by atoms with Gasteiger partial charge in [-0.15, -0.1) is 0 Å². The zero-order valence-corrected chi connectivity index (χ0v) is 14.6. The van der Waals surface area contributed by atoms with Crippen molar-refractivity contribution < 1.29 is 14.0 Å². The van der Waals surface area contributed by atoms with Gasteiger partial charge in [0.15, 0.2) is 0 Å². The minimum atomic E-state index is -0.584. The predicted molar refractivity (Wildman–Crippen MR) is 91.8 cm³/mol. The molecule has 1 saturated carbocycles. The summed E-state index contributed by atoms with van der Waals surface area (Å²) in [6, 6.07) is 5.76. The summed E-state index contributed by atoms with van der Waals surface area (Å²) in [6.45, 7) is 5.56. The molecule has 0 radical (unpaired) electrons. The molecule has 2 aliphatic rings. The molecular weight excluding hydrogens is 323 g/mol. The maximum absolute atomic E-state index is 13.3. The molecule has 1 unspecified atom stereocenters. The average molecular weight is 348 g/mol. The van der Waals surface area contributed by atoms with Gasteiger partial charge in [0.2, 0.25) is 5.91 Å². The molecule has 2 fully saturated rings. The summed E-state index contributed by atoms with van der Waals surface area (Å²) >= 11 is 0. The molecule has 0 bridgehead atoms. The van der Waals surface area contributed by atoms with Gasteiger partial charge in [0.1, 0.15) is 11.9 Å². The van der Waals surface area contributed by atoms with Crippen LogP contribution in [0.5, 0.6) is 0 Å². The molecule has 7 heteroatoms. The molecule has 0 spiro atoms. The van der Waals surface area contributed by atoms with Crippen LogP contribution in [0.15, 0.2) is 24.3 Å². The lowest BCUT2D eigenvalue weighted by molar-refractivity contribution is -0.134. The fraction of sp³-hybridized carbons (Fsp3) is 0.556. The van der Waals surface area contributed by atoms with Crippen LogP contribution in [0.25, 0.3) is 0 Å². The van der Waals surface area contributed by atoms with E-state index in [-0.39, 0.29) is 35.6 Å². The van der Waals surface area contributed by atoms with Crippen molar-refractivity contribution in [2.45, 2.75) is 44.8 Å². The maximum Gasteiger partial charge on any atom is 0.260 e. The van der Waals surface area contributed by atoms with Crippen molar-refractivity contribution in [1.82, 2.24) is 21.1 Å². The molecule has 1 aromatic rings. The van der Waals surface area contributed by atoms with Crippen molar-refractivity contribution in [1.29, 1.82) is 0 Å². The summed E-state index contributed by atoms with van der Waals surface area (Å²) in [6.07, 6.45) is 1.74. The van der Waals surface area contributed by atoms with E-state index in [1.807, 2.05) is 6.92 Å². The highest BCUT2D eigenvalue weighted by Crippen LogP contribution is 2.29. The topological polar surface area (TPSA) is 73.5 Å². The Kier molecular flexibility index (Phi) is 5.34. The Morgan fingerprint density at radius 3 is 2.52 bits per heavy atom. The Morgan fingerprint density at radius 1 is 1.20 bits per heavy atom. The molecule has 3 rings (SSSR count). The molecule has 3 atom stereocenters. The number of hydrogen-bond donors (Lipinski definition) is 3. The molecule has 1 aliphatic heterocycles. The molecule has 3 N–H and O–H groups in total. The summed E-state index contributed by atoms with van der Waals surface area (Å²) in [5, 5.41) is 3.39. The van der Waals surface area contributed by atoms with Crippen LogP contribution < -0.4 is 16.2 Å². The number of carbonyl (C=O) groups is 2. The van der Waals surface area contributed by atoms with Crippen LogP contribution in [0.2, 0.25) is 0 Å². The standard InChI is InChI=1S/C18H25FN4O2/c1-11-10-23(12(2)9-20-11)16(13-5-7-15(19)8-6-13)18(25)22-21-17(24)14-3-4-14/h5-8,11-12,14,16,20H,3-4,9-10H2,1-2H3,(H,21,24)(H,22,25)/t11-,12+,16?/m0/s1. The van der Waals surface area contributed by atoms with Gasteiger partial charge in [0.25, 0.3) is 5.91 Å². The van der Waals surface area contributed by atoms with Crippen LogP contribution in [-0.4, -0.2) is 41.9 Å². The monoisotopic (exact) mass is 348 g/mol. The van der Waals surface area contributed by atoms with E-state index in [1.54, 1.807) is 12.1 Å². The largest absolute Gasteiger partial charge is 0.311 e. The number of carbonyl (C=O) groups excluding carboxylic acids is 2. The average Bonchev–Trinajstić information content (AvgIpc) is 3.43. The van der Waals surface area contributed by atoms with Crippen molar-refractivity contribution in [3.8, 4) is 0 Å². The molecule has 6 nitrogen and oxygen atoms in total. The van der Waals surface area contributed by atoms with Gasteiger partial charge in [-0.3, -0.25) is 25.3 Å². The van der Waals surface area contributed by atoms with E-state index in [1.165, 1.54) is 12.1 Å². The molecule has 2 amide bonds. The van der Waals surface area contributed by atoms with E-state index in [0.717, 1.165) is 19.4 Å². The van der Waals surface area contributed by atoms with Gasteiger partial charge in [-0.05, 0) is 44.4 Å². The lowest BCUT2D eigenvalue weighted by Gasteiger charge is -2.41. The first-order valence-electron chi connectivity index (χ1n) is 8.80. The number of halogens is 1. The Labute approximate surface area is 147 Å². The van der Waals surface area contributed by atoms with E-state index >= 15 is 0 Å². The number of nitrogens with zero attached hydrogens (tertiary/aromatic N) is 1. The first kappa shape index (κ1) is 17.8. The number of amides is 2. The summed E-state index contributed by atoms with van der Waals surface area (Å²) < 4.78 is 13.3.